The van der Waals surface area contributed by atoms with Crippen LogP contribution < -0.4 is 23.8 Å². The van der Waals surface area contributed by atoms with Gasteiger partial charge in [0.15, 0.2) is 11.5 Å². The Morgan fingerprint density at radius 2 is 2.03 bits per heavy atom. The number of fused-ring (bicyclic) bond motifs is 2. The number of quaternary nitrogens is 1. The molecule has 7 nitrogen and oxygen atoms in total. The standard InChI is InChI=1S/C24H30N2O5/c1-15(2)31-19-7-5-16(6-8-19)11-18(25-27)13-20-22-17(9-10-26(20)3)12-21-23(24(22)28-4)30-14-29-21/h5-8,12,15,20,27H,9-11,13-14H2,1-4H3/p+1/t20-/m1/s1. The Hall–Kier alpha value is -2.93. The minimum atomic E-state index is 0.0997. The molecule has 7 heteroatoms. The zero-order valence-corrected chi connectivity index (χ0v) is 18.6. The van der Waals surface area contributed by atoms with E-state index in [9.17, 15) is 5.21 Å². The Bertz CT molecular complexity index is 955. The van der Waals surface area contributed by atoms with Crippen molar-refractivity contribution in [3.05, 3.63) is 47.0 Å². The maximum atomic E-state index is 9.79. The molecule has 0 spiro atoms. The molecule has 0 fully saturated rings. The Morgan fingerprint density at radius 1 is 1.26 bits per heavy atom. The molecule has 4 rings (SSSR count). The lowest BCUT2D eigenvalue weighted by Gasteiger charge is -2.33. The summed E-state index contributed by atoms with van der Waals surface area (Å²) in [6, 6.07) is 10.1. The zero-order chi connectivity index (χ0) is 22.0. The number of methoxy groups -OCH3 is 1. The molecular weight excluding hydrogens is 396 g/mol. The molecule has 2 heterocycles. The number of hydrogen-bond acceptors (Lipinski definition) is 6. The topological polar surface area (TPSA) is 74.0 Å². The normalized spacial score (nSPS) is 20.0. The average molecular weight is 428 g/mol. The molecule has 2 aliphatic rings. The first-order valence-electron chi connectivity index (χ1n) is 10.8. The molecule has 0 amide bonds. The summed E-state index contributed by atoms with van der Waals surface area (Å²) in [5.41, 5.74) is 4.14. The lowest BCUT2D eigenvalue weighted by atomic mass is 9.87. The van der Waals surface area contributed by atoms with Crippen LogP contribution >= 0.6 is 0 Å². The van der Waals surface area contributed by atoms with Gasteiger partial charge >= 0.3 is 0 Å². The van der Waals surface area contributed by atoms with Gasteiger partial charge in [-0.1, -0.05) is 17.3 Å². The monoisotopic (exact) mass is 427 g/mol. The number of benzene rings is 2. The molecule has 0 aromatic heterocycles. The van der Waals surface area contributed by atoms with Crippen LogP contribution in [0.1, 0.15) is 43.0 Å². The van der Waals surface area contributed by atoms with Crippen LogP contribution in [0.15, 0.2) is 35.5 Å². The van der Waals surface area contributed by atoms with Crippen LogP contribution in [0.5, 0.6) is 23.0 Å². The van der Waals surface area contributed by atoms with Crippen LogP contribution in [0.2, 0.25) is 0 Å². The van der Waals surface area contributed by atoms with Gasteiger partial charge in [0.1, 0.15) is 11.8 Å². The molecule has 166 valence electrons. The van der Waals surface area contributed by atoms with Gasteiger partial charge in [-0.3, -0.25) is 0 Å². The van der Waals surface area contributed by atoms with Gasteiger partial charge in [0.25, 0.3) is 0 Å². The summed E-state index contributed by atoms with van der Waals surface area (Å²) in [7, 11) is 3.84. The molecule has 0 radical (unpaired) electrons. The lowest BCUT2D eigenvalue weighted by molar-refractivity contribution is -0.913. The van der Waals surface area contributed by atoms with Crippen LogP contribution in [0.4, 0.5) is 0 Å². The van der Waals surface area contributed by atoms with E-state index in [-0.39, 0.29) is 18.9 Å². The summed E-state index contributed by atoms with van der Waals surface area (Å²) in [6.45, 7) is 5.21. The van der Waals surface area contributed by atoms with Crippen molar-refractivity contribution in [3.63, 3.8) is 0 Å². The van der Waals surface area contributed by atoms with E-state index < -0.39 is 0 Å². The Balaban J connectivity index is 1.57. The van der Waals surface area contributed by atoms with Crippen LogP contribution in [0.3, 0.4) is 0 Å². The molecule has 0 saturated carbocycles. The van der Waals surface area contributed by atoms with Crippen molar-refractivity contribution in [2.45, 2.75) is 45.3 Å². The van der Waals surface area contributed by atoms with Crippen molar-refractivity contribution < 1.29 is 29.1 Å². The van der Waals surface area contributed by atoms with Gasteiger partial charge in [-0.05, 0) is 43.2 Å². The first kappa shape index (κ1) is 21.3. The third-order valence-electron chi connectivity index (χ3n) is 5.96. The van der Waals surface area contributed by atoms with Crippen molar-refractivity contribution >= 4 is 5.71 Å². The number of hydrogen-bond donors (Lipinski definition) is 2. The zero-order valence-electron chi connectivity index (χ0n) is 18.6. The van der Waals surface area contributed by atoms with Crippen LogP contribution in [0.25, 0.3) is 0 Å². The molecule has 0 bridgehead atoms. The first-order valence-corrected chi connectivity index (χ1v) is 10.8. The van der Waals surface area contributed by atoms with E-state index in [0.29, 0.717) is 18.6 Å². The highest BCUT2D eigenvalue weighted by atomic mass is 16.7. The molecule has 2 aromatic carbocycles. The number of nitrogens with zero attached hydrogens (tertiary/aromatic N) is 1. The Morgan fingerprint density at radius 3 is 2.71 bits per heavy atom. The van der Waals surface area contributed by atoms with Gasteiger partial charge in [0, 0.05) is 19.3 Å². The molecule has 2 aliphatic heterocycles. The summed E-state index contributed by atoms with van der Waals surface area (Å²) < 4.78 is 22.8. The summed E-state index contributed by atoms with van der Waals surface area (Å²) in [6.07, 6.45) is 2.27. The summed E-state index contributed by atoms with van der Waals surface area (Å²) in [5.74, 6) is 2.99. The van der Waals surface area contributed by atoms with Gasteiger partial charge in [-0.2, -0.15) is 0 Å². The summed E-state index contributed by atoms with van der Waals surface area (Å²) >= 11 is 0. The fraction of sp³-hybridized carbons (Fsp3) is 0.458. The van der Waals surface area contributed by atoms with E-state index in [1.54, 1.807) is 7.11 Å². The van der Waals surface area contributed by atoms with Crippen molar-refractivity contribution in [1.29, 1.82) is 0 Å². The molecule has 2 atom stereocenters. The van der Waals surface area contributed by atoms with E-state index >= 15 is 0 Å². The molecule has 2 aromatic rings. The van der Waals surface area contributed by atoms with Gasteiger partial charge in [0.05, 0.1) is 38.1 Å². The Labute approximate surface area is 183 Å². The summed E-state index contributed by atoms with van der Waals surface area (Å²) in [5, 5.41) is 13.4. The van der Waals surface area contributed by atoms with Crippen molar-refractivity contribution in [2.24, 2.45) is 5.16 Å². The molecule has 0 aliphatic carbocycles. The summed E-state index contributed by atoms with van der Waals surface area (Å²) in [4.78, 5) is 1.35. The van der Waals surface area contributed by atoms with E-state index in [0.717, 1.165) is 47.1 Å². The smallest absolute Gasteiger partial charge is 0.231 e. The first-order chi connectivity index (χ1) is 15.0. The second-order valence-corrected chi connectivity index (χ2v) is 8.47. The SMILES string of the molecule is COc1c2c(cc3c1[C@@H](CC(Cc1ccc(OC(C)C)cc1)=NO)[NH+](C)CC3)OCO2. The predicted octanol–water partition coefficient (Wildman–Crippen LogP) is 2.79. The average Bonchev–Trinajstić information content (AvgIpc) is 3.22. The fourth-order valence-electron chi connectivity index (χ4n) is 4.48. The molecule has 1 unspecified atom stereocenters. The minimum Gasteiger partial charge on any atom is -0.492 e. The maximum absolute atomic E-state index is 9.79. The van der Waals surface area contributed by atoms with Crippen LogP contribution in [-0.4, -0.2) is 44.5 Å². The van der Waals surface area contributed by atoms with Crippen molar-refractivity contribution in [1.82, 2.24) is 0 Å². The van der Waals surface area contributed by atoms with Crippen molar-refractivity contribution in [3.8, 4) is 23.0 Å². The van der Waals surface area contributed by atoms with E-state index in [4.69, 9.17) is 18.9 Å². The number of oxime groups is 1. The third-order valence-corrected chi connectivity index (χ3v) is 5.96. The lowest BCUT2D eigenvalue weighted by Crippen LogP contribution is -3.10. The maximum Gasteiger partial charge on any atom is 0.231 e. The highest BCUT2D eigenvalue weighted by molar-refractivity contribution is 5.87. The fourth-order valence-corrected chi connectivity index (χ4v) is 4.48. The van der Waals surface area contributed by atoms with Crippen LogP contribution in [-0.2, 0) is 12.8 Å². The van der Waals surface area contributed by atoms with Gasteiger partial charge < -0.3 is 29.1 Å². The number of likely N-dealkylation sites (N-methyl/N-ethyl adjacent to an activating group) is 1. The second-order valence-electron chi connectivity index (χ2n) is 8.47. The van der Waals surface area contributed by atoms with Gasteiger partial charge in [-0.15, -0.1) is 0 Å². The van der Waals surface area contributed by atoms with E-state index in [2.05, 4.69) is 18.3 Å². The number of ether oxygens (including phenoxy) is 4. The highest BCUT2D eigenvalue weighted by Crippen LogP contribution is 2.47. The van der Waals surface area contributed by atoms with Gasteiger partial charge in [-0.25, -0.2) is 0 Å². The number of rotatable bonds is 7. The Kier molecular flexibility index (Phi) is 6.23. The largest absolute Gasteiger partial charge is 0.492 e. The number of nitrogens with one attached hydrogen (secondary N) is 1. The minimum absolute atomic E-state index is 0.0997. The highest BCUT2D eigenvalue weighted by Gasteiger charge is 2.37. The van der Waals surface area contributed by atoms with Crippen LogP contribution in [0, 0.1) is 0 Å². The van der Waals surface area contributed by atoms with Crippen molar-refractivity contribution in [2.75, 3.05) is 27.5 Å². The second kappa shape index (κ2) is 9.06. The van der Waals surface area contributed by atoms with E-state index in [1.165, 1.54) is 10.5 Å². The molecule has 2 N–H and O–H groups in total. The van der Waals surface area contributed by atoms with E-state index in [1.807, 2.05) is 38.1 Å². The third kappa shape index (κ3) is 4.42. The molecule has 0 saturated heterocycles. The quantitative estimate of drug-likeness (QED) is 0.404. The predicted molar refractivity (Wildman–Crippen MR) is 117 cm³/mol. The van der Waals surface area contributed by atoms with Gasteiger partial charge in [0.2, 0.25) is 12.5 Å². The molecule has 31 heavy (non-hydrogen) atoms. The molecular formula is C24H31N2O5+.